The minimum Gasteiger partial charge on any atom is -0.333 e. The topological polar surface area (TPSA) is 20.3 Å². The van der Waals surface area contributed by atoms with Crippen molar-refractivity contribution in [1.29, 1.82) is 0 Å². The highest BCUT2D eigenvalue weighted by Crippen LogP contribution is 2.23. The Morgan fingerprint density at radius 3 is 2.77 bits per heavy atom. The lowest BCUT2D eigenvalue weighted by atomic mass is 10.2. The van der Waals surface area contributed by atoms with Gasteiger partial charge in [0.15, 0.2) is 0 Å². The Kier molecular flexibility index (Phi) is 4.36. The van der Waals surface area contributed by atoms with E-state index in [-0.39, 0.29) is 5.24 Å². The highest BCUT2D eigenvalue weighted by atomic mass is 32.2. The lowest BCUT2D eigenvalue weighted by Gasteiger charge is -2.31. The Labute approximate surface area is 84.4 Å². The number of carbonyl (C=O) groups excluding carboxylic acids is 1. The molecule has 1 atom stereocenters. The zero-order valence-corrected chi connectivity index (χ0v) is 8.98. The highest BCUT2D eigenvalue weighted by molar-refractivity contribution is 8.14. The maximum Gasteiger partial charge on any atom is 0.282 e. The van der Waals surface area contributed by atoms with Gasteiger partial charge in [0.1, 0.15) is 0 Å². The van der Waals surface area contributed by atoms with Gasteiger partial charge in [-0.25, -0.2) is 0 Å². The molecule has 0 unspecified atom stereocenters. The summed E-state index contributed by atoms with van der Waals surface area (Å²) >= 11 is 1.42. The molecule has 0 aromatic carbocycles. The zero-order chi connectivity index (χ0) is 9.68. The van der Waals surface area contributed by atoms with E-state index >= 15 is 0 Å². The predicted octanol–water partition coefficient (Wildman–Crippen LogP) is 2.90. The molecule has 1 saturated heterocycles. The van der Waals surface area contributed by atoms with Crippen molar-refractivity contribution in [3.05, 3.63) is 12.7 Å². The molecule has 1 fully saturated rings. The molecule has 1 amide bonds. The minimum absolute atomic E-state index is 0.226. The van der Waals surface area contributed by atoms with Crippen molar-refractivity contribution in [2.24, 2.45) is 0 Å². The molecule has 74 valence electrons. The van der Waals surface area contributed by atoms with Crippen LogP contribution in [0.2, 0.25) is 0 Å². The summed E-state index contributed by atoms with van der Waals surface area (Å²) in [4.78, 5) is 13.4. The molecule has 0 aromatic heterocycles. The monoisotopic (exact) mass is 199 g/mol. The van der Waals surface area contributed by atoms with Gasteiger partial charge in [-0.3, -0.25) is 4.79 Å². The molecule has 0 saturated carbocycles. The van der Waals surface area contributed by atoms with Gasteiger partial charge in [-0.15, -0.1) is 6.58 Å². The highest BCUT2D eigenvalue weighted by Gasteiger charge is 2.22. The van der Waals surface area contributed by atoms with Crippen molar-refractivity contribution in [2.75, 3.05) is 13.1 Å². The van der Waals surface area contributed by atoms with Gasteiger partial charge in [0, 0.05) is 18.3 Å². The molecule has 2 nitrogen and oxygen atoms in total. The molecule has 1 aliphatic rings. The van der Waals surface area contributed by atoms with Gasteiger partial charge in [0.25, 0.3) is 5.24 Å². The van der Waals surface area contributed by atoms with E-state index in [2.05, 4.69) is 13.5 Å². The van der Waals surface area contributed by atoms with Crippen LogP contribution in [0.15, 0.2) is 12.7 Å². The van der Waals surface area contributed by atoms with Crippen molar-refractivity contribution >= 4 is 17.0 Å². The summed E-state index contributed by atoms with van der Waals surface area (Å²) in [6.07, 6.45) is 5.20. The number of rotatable bonds is 4. The molecule has 0 radical (unpaired) electrons. The molecular formula is C10H17NOS. The van der Waals surface area contributed by atoms with Gasteiger partial charge in [-0.1, -0.05) is 31.2 Å². The Morgan fingerprint density at radius 1 is 1.69 bits per heavy atom. The molecule has 1 rings (SSSR count). The van der Waals surface area contributed by atoms with E-state index in [0.29, 0.717) is 5.25 Å². The van der Waals surface area contributed by atoms with Gasteiger partial charge in [0.05, 0.1) is 0 Å². The number of amides is 1. The van der Waals surface area contributed by atoms with Crippen molar-refractivity contribution in [3.63, 3.8) is 0 Å². The maximum atomic E-state index is 11.5. The molecule has 0 spiro atoms. The molecule has 1 aliphatic heterocycles. The summed E-state index contributed by atoms with van der Waals surface area (Å²) < 4.78 is 0. The van der Waals surface area contributed by atoms with Gasteiger partial charge >= 0.3 is 0 Å². The summed E-state index contributed by atoms with van der Waals surface area (Å²) in [6, 6.07) is 0. The normalized spacial score (nSPS) is 17.8. The molecular weight excluding hydrogens is 182 g/mol. The standard InChI is InChI=1S/C10H17NOS/c1-3-6-9(4-2)13-10(12)11-7-5-8-11/h4,9H,2-3,5-8H2,1H3/t9-/m1/s1. The predicted molar refractivity (Wildman–Crippen MR) is 58.1 cm³/mol. The summed E-state index contributed by atoms with van der Waals surface area (Å²) in [6.45, 7) is 7.77. The quantitative estimate of drug-likeness (QED) is 0.649. The SMILES string of the molecule is C=C[C@H](CCC)SC(=O)N1CCC1. The van der Waals surface area contributed by atoms with Crippen LogP contribution < -0.4 is 0 Å². The lowest BCUT2D eigenvalue weighted by Crippen LogP contribution is -2.40. The molecule has 0 N–H and O–H groups in total. The Bertz CT molecular complexity index is 189. The smallest absolute Gasteiger partial charge is 0.282 e. The molecule has 3 heteroatoms. The largest absolute Gasteiger partial charge is 0.333 e. The molecule has 0 aromatic rings. The third-order valence-corrected chi connectivity index (χ3v) is 3.39. The zero-order valence-electron chi connectivity index (χ0n) is 8.16. The molecule has 1 heterocycles. The summed E-state index contributed by atoms with van der Waals surface area (Å²) in [5.41, 5.74) is 0. The number of hydrogen-bond acceptors (Lipinski definition) is 2. The van der Waals surface area contributed by atoms with E-state index in [1.807, 2.05) is 11.0 Å². The van der Waals surface area contributed by atoms with Crippen molar-refractivity contribution in [1.82, 2.24) is 4.90 Å². The fourth-order valence-electron chi connectivity index (χ4n) is 1.21. The van der Waals surface area contributed by atoms with Crippen LogP contribution in [0.5, 0.6) is 0 Å². The second-order valence-corrected chi connectivity index (χ2v) is 4.48. The van der Waals surface area contributed by atoms with E-state index in [4.69, 9.17) is 0 Å². The van der Waals surface area contributed by atoms with Crippen LogP contribution in [0.4, 0.5) is 4.79 Å². The van der Waals surface area contributed by atoms with Crippen molar-refractivity contribution in [3.8, 4) is 0 Å². The third kappa shape index (κ3) is 3.07. The van der Waals surface area contributed by atoms with Crippen molar-refractivity contribution in [2.45, 2.75) is 31.4 Å². The summed E-state index contributed by atoms with van der Waals surface area (Å²) in [5.74, 6) is 0. The first kappa shape index (κ1) is 10.6. The Balaban J connectivity index is 2.27. The van der Waals surface area contributed by atoms with E-state index in [1.165, 1.54) is 18.2 Å². The lowest BCUT2D eigenvalue weighted by molar-refractivity contribution is 0.192. The Morgan fingerprint density at radius 2 is 2.38 bits per heavy atom. The molecule has 13 heavy (non-hydrogen) atoms. The van der Waals surface area contributed by atoms with Crippen molar-refractivity contribution < 1.29 is 4.79 Å². The van der Waals surface area contributed by atoms with Crippen LogP contribution in [-0.4, -0.2) is 28.5 Å². The fraction of sp³-hybridized carbons (Fsp3) is 0.700. The second-order valence-electron chi connectivity index (χ2n) is 3.29. The van der Waals surface area contributed by atoms with Gasteiger partial charge < -0.3 is 4.90 Å². The van der Waals surface area contributed by atoms with Crippen LogP contribution in [0.25, 0.3) is 0 Å². The number of carbonyl (C=O) groups is 1. The van der Waals surface area contributed by atoms with Crippen LogP contribution in [0, 0.1) is 0 Å². The fourth-order valence-corrected chi connectivity index (χ4v) is 2.25. The molecule has 0 aliphatic carbocycles. The first-order valence-corrected chi connectivity index (χ1v) is 5.74. The van der Waals surface area contributed by atoms with E-state index in [1.54, 1.807) is 0 Å². The third-order valence-electron chi connectivity index (χ3n) is 2.20. The number of hydrogen-bond donors (Lipinski definition) is 0. The number of nitrogens with zero attached hydrogens (tertiary/aromatic N) is 1. The van der Waals surface area contributed by atoms with E-state index < -0.39 is 0 Å². The van der Waals surface area contributed by atoms with E-state index in [0.717, 1.165) is 25.9 Å². The first-order chi connectivity index (χ1) is 6.27. The Hall–Kier alpha value is -0.440. The minimum atomic E-state index is 0.226. The average Bonchev–Trinajstić information content (AvgIpc) is 2.00. The van der Waals surface area contributed by atoms with Gasteiger partial charge in [-0.05, 0) is 12.8 Å². The number of likely N-dealkylation sites (tertiary alicyclic amines) is 1. The second kappa shape index (κ2) is 5.32. The van der Waals surface area contributed by atoms with Gasteiger partial charge in [0.2, 0.25) is 0 Å². The molecule has 0 bridgehead atoms. The first-order valence-electron chi connectivity index (χ1n) is 4.86. The summed E-state index contributed by atoms with van der Waals surface area (Å²) in [7, 11) is 0. The van der Waals surface area contributed by atoms with Gasteiger partial charge in [-0.2, -0.15) is 0 Å². The van der Waals surface area contributed by atoms with Crippen LogP contribution in [0.1, 0.15) is 26.2 Å². The average molecular weight is 199 g/mol. The van der Waals surface area contributed by atoms with Crippen LogP contribution in [0.3, 0.4) is 0 Å². The summed E-state index contributed by atoms with van der Waals surface area (Å²) in [5, 5.41) is 0.530. The van der Waals surface area contributed by atoms with E-state index in [9.17, 15) is 4.79 Å². The van der Waals surface area contributed by atoms with Crippen LogP contribution >= 0.6 is 11.8 Å². The maximum absolute atomic E-state index is 11.5. The van der Waals surface area contributed by atoms with Crippen LogP contribution in [-0.2, 0) is 0 Å². The number of thioether (sulfide) groups is 1.